The monoisotopic (exact) mass is 398 g/mol. The van der Waals surface area contributed by atoms with Crippen molar-refractivity contribution >= 4 is 11.7 Å². The summed E-state index contributed by atoms with van der Waals surface area (Å²) in [4.78, 5) is 13.8. The molecule has 0 amide bonds. The maximum Gasteiger partial charge on any atom is 0.416 e. The molecule has 28 heavy (non-hydrogen) atoms. The summed E-state index contributed by atoms with van der Waals surface area (Å²) >= 11 is 0. The van der Waals surface area contributed by atoms with Crippen molar-refractivity contribution in [2.24, 2.45) is 11.3 Å². The van der Waals surface area contributed by atoms with Crippen molar-refractivity contribution in [3.8, 4) is 0 Å². The highest BCUT2D eigenvalue weighted by Gasteiger charge is 2.41. The lowest BCUT2D eigenvalue weighted by molar-refractivity contribution is -0.146. The van der Waals surface area contributed by atoms with Gasteiger partial charge in [0, 0.05) is 37.8 Å². The molecule has 0 bridgehead atoms. The Bertz CT molecular complexity index is 714. The Labute approximate surface area is 164 Å². The molecule has 2 heterocycles. The van der Waals surface area contributed by atoms with E-state index in [1.165, 1.54) is 19.2 Å². The van der Waals surface area contributed by atoms with Gasteiger partial charge in [-0.2, -0.15) is 13.2 Å². The average Bonchev–Trinajstić information content (AvgIpc) is 3.08. The van der Waals surface area contributed by atoms with Crippen LogP contribution in [0.4, 0.5) is 18.9 Å². The molecule has 1 aromatic rings. The van der Waals surface area contributed by atoms with Gasteiger partial charge in [0.15, 0.2) is 0 Å². The quantitative estimate of drug-likeness (QED) is 0.772. The summed E-state index contributed by atoms with van der Waals surface area (Å²) in [5.41, 5.74) is 1.02. The third-order valence-electron chi connectivity index (χ3n) is 6.63. The van der Waals surface area contributed by atoms with Crippen molar-refractivity contribution < 1.29 is 22.7 Å². The lowest BCUT2D eigenvalue weighted by Crippen LogP contribution is -2.38. The van der Waals surface area contributed by atoms with Gasteiger partial charge < -0.3 is 15.0 Å². The number of benzene rings is 1. The zero-order chi connectivity index (χ0) is 20.5. The fraction of sp³-hybridized carbons (Fsp3) is 0.667. The molecule has 7 heteroatoms. The lowest BCUT2D eigenvalue weighted by Gasteiger charge is -2.37. The van der Waals surface area contributed by atoms with E-state index in [2.05, 4.69) is 19.2 Å². The zero-order valence-electron chi connectivity index (χ0n) is 16.7. The van der Waals surface area contributed by atoms with Crippen LogP contribution in [0.1, 0.15) is 50.2 Å². The number of anilines is 1. The van der Waals surface area contributed by atoms with Gasteiger partial charge in [-0.1, -0.05) is 19.9 Å². The highest BCUT2D eigenvalue weighted by Crippen LogP contribution is 2.46. The fourth-order valence-electron chi connectivity index (χ4n) is 4.54. The SMILES string of the molecule is CC[C@@]1(C)CNC[C@@H]1c1ccc(C(F)(F)F)cc1N1CCC(C(=O)OC)CC1. The van der Waals surface area contributed by atoms with Crippen molar-refractivity contribution in [1.82, 2.24) is 5.32 Å². The first-order valence-electron chi connectivity index (χ1n) is 9.94. The number of carbonyl (C=O) groups is 1. The number of hydrogen-bond donors (Lipinski definition) is 1. The van der Waals surface area contributed by atoms with Crippen molar-refractivity contribution in [3.63, 3.8) is 0 Å². The first-order chi connectivity index (χ1) is 13.2. The van der Waals surface area contributed by atoms with Gasteiger partial charge in [-0.15, -0.1) is 0 Å². The van der Waals surface area contributed by atoms with Gasteiger partial charge in [-0.3, -0.25) is 4.79 Å². The predicted molar refractivity (Wildman–Crippen MR) is 102 cm³/mol. The van der Waals surface area contributed by atoms with E-state index in [9.17, 15) is 18.0 Å². The van der Waals surface area contributed by atoms with E-state index in [1.807, 2.05) is 4.90 Å². The third kappa shape index (κ3) is 4.00. The van der Waals surface area contributed by atoms with Gasteiger partial charge in [-0.05, 0) is 42.4 Å². The molecule has 0 unspecified atom stereocenters. The molecular formula is C21H29F3N2O2. The number of rotatable bonds is 4. The van der Waals surface area contributed by atoms with Crippen LogP contribution in [0.5, 0.6) is 0 Å². The summed E-state index contributed by atoms with van der Waals surface area (Å²) in [6.45, 7) is 7.06. The molecule has 0 aliphatic carbocycles. The Balaban J connectivity index is 1.95. The second-order valence-electron chi connectivity index (χ2n) is 8.25. The molecule has 0 radical (unpaired) electrons. The molecule has 1 aromatic carbocycles. The second kappa shape index (κ2) is 7.93. The van der Waals surface area contributed by atoms with E-state index in [0.717, 1.165) is 25.1 Å². The van der Waals surface area contributed by atoms with Crippen LogP contribution in [-0.4, -0.2) is 39.3 Å². The number of piperidine rings is 1. The lowest BCUT2D eigenvalue weighted by atomic mass is 9.73. The van der Waals surface area contributed by atoms with E-state index in [-0.39, 0.29) is 23.2 Å². The van der Waals surface area contributed by atoms with Crippen LogP contribution in [0.3, 0.4) is 0 Å². The molecule has 4 nitrogen and oxygen atoms in total. The normalized spacial score (nSPS) is 26.5. The van der Waals surface area contributed by atoms with Crippen LogP contribution >= 0.6 is 0 Å². The van der Waals surface area contributed by atoms with Gasteiger partial charge in [0.25, 0.3) is 0 Å². The Kier molecular flexibility index (Phi) is 5.94. The number of nitrogens with one attached hydrogen (secondary N) is 1. The number of carbonyl (C=O) groups excluding carboxylic acids is 1. The number of alkyl halides is 3. The highest BCUT2D eigenvalue weighted by molar-refractivity contribution is 5.73. The number of halogens is 3. The summed E-state index contributed by atoms with van der Waals surface area (Å²) < 4.78 is 45.0. The molecule has 2 aliphatic heterocycles. The smallest absolute Gasteiger partial charge is 0.416 e. The summed E-state index contributed by atoms with van der Waals surface area (Å²) in [7, 11) is 1.37. The van der Waals surface area contributed by atoms with Crippen molar-refractivity contribution in [2.75, 3.05) is 38.2 Å². The number of esters is 1. The molecule has 2 atom stereocenters. The Morgan fingerprint density at radius 1 is 1.32 bits per heavy atom. The van der Waals surface area contributed by atoms with Crippen LogP contribution in [0.25, 0.3) is 0 Å². The maximum absolute atomic E-state index is 13.4. The van der Waals surface area contributed by atoms with E-state index in [4.69, 9.17) is 4.74 Å². The molecule has 1 N–H and O–H groups in total. The second-order valence-corrected chi connectivity index (χ2v) is 8.25. The van der Waals surface area contributed by atoms with Gasteiger partial charge >= 0.3 is 12.1 Å². The minimum absolute atomic E-state index is 0.0127. The molecule has 3 rings (SSSR count). The van der Waals surface area contributed by atoms with E-state index in [0.29, 0.717) is 31.6 Å². The first-order valence-corrected chi connectivity index (χ1v) is 9.94. The number of methoxy groups -OCH3 is 1. The van der Waals surface area contributed by atoms with Gasteiger partial charge in [-0.25, -0.2) is 0 Å². The zero-order valence-corrected chi connectivity index (χ0v) is 16.7. The predicted octanol–water partition coefficient (Wildman–Crippen LogP) is 4.20. The van der Waals surface area contributed by atoms with Crippen LogP contribution in [0, 0.1) is 11.3 Å². The largest absolute Gasteiger partial charge is 0.469 e. The summed E-state index contributed by atoms with van der Waals surface area (Å²) in [5, 5.41) is 3.42. The van der Waals surface area contributed by atoms with E-state index < -0.39 is 11.7 Å². The van der Waals surface area contributed by atoms with Gasteiger partial charge in [0.05, 0.1) is 18.6 Å². The summed E-state index contributed by atoms with van der Waals surface area (Å²) in [6.07, 6.45) is -2.23. The van der Waals surface area contributed by atoms with Crippen molar-refractivity contribution in [3.05, 3.63) is 29.3 Å². The van der Waals surface area contributed by atoms with E-state index >= 15 is 0 Å². The maximum atomic E-state index is 13.4. The van der Waals surface area contributed by atoms with Crippen LogP contribution in [0.2, 0.25) is 0 Å². The number of ether oxygens (including phenoxy) is 1. The summed E-state index contributed by atoms with van der Waals surface area (Å²) in [6, 6.07) is 4.16. The molecule has 156 valence electrons. The molecule has 0 spiro atoms. The van der Waals surface area contributed by atoms with Crippen LogP contribution in [0.15, 0.2) is 18.2 Å². The molecule has 0 saturated carbocycles. The molecular weight excluding hydrogens is 369 g/mol. The standard InChI is InChI=1S/C21H29F3N2O2/c1-4-20(2)13-25-12-17(20)16-6-5-15(21(22,23)24)11-18(16)26-9-7-14(8-10-26)19(27)28-3/h5-6,11,14,17,25H,4,7-10,12-13H2,1-3H3/t17-,20+/m1/s1. The first kappa shape index (κ1) is 21.0. The van der Waals surface area contributed by atoms with Crippen LogP contribution < -0.4 is 10.2 Å². The summed E-state index contributed by atoms with van der Waals surface area (Å²) in [5.74, 6) is -0.250. The molecule has 2 fully saturated rings. The van der Waals surface area contributed by atoms with Gasteiger partial charge in [0.1, 0.15) is 0 Å². The van der Waals surface area contributed by atoms with Gasteiger partial charge in [0.2, 0.25) is 0 Å². The van der Waals surface area contributed by atoms with Crippen molar-refractivity contribution in [1.29, 1.82) is 0 Å². The Morgan fingerprint density at radius 3 is 2.57 bits per heavy atom. The minimum Gasteiger partial charge on any atom is -0.469 e. The Hall–Kier alpha value is -1.76. The topological polar surface area (TPSA) is 41.6 Å². The molecule has 0 aromatic heterocycles. The minimum atomic E-state index is -4.38. The fourth-order valence-corrected chi connectivity index (χ4v) is 4.54. The Morgan fingerprint density at radius 2 is 2.00 bits per heavy atom. The third-order valence-corrected chi connectivity index (χ3v) is 6.63. The van der Waals surface area contributed by atoms with Crippen molar-refractivity contribution in [2.45, 2.75) is 45.2 Å². The van der Waals surface area contributed by atoms with Crippen LogP contribution in [-0.2, 0) is 15.7 Å². The average molecular weight is 398 g/mol. The number of hydrogen-bond acceptors (Lipinski definition) is 4. The molecule has 2 saturated heterocycles. The van der Waals surface area contributed by atoms with E-state index in [1.54, 1.807) is 6.07 Å². The highest BCUT2D eigenvalue weighted by atomic mass is 19.4. The number of nitrogens with zero attached hydrogens (tertiary/aromatic N) is 1. The molecule has 2 aliphatic rings.